The second-order valence-electron chi connectivity index (χ2n) is 6.06. The van der Waals surface area contributed by atoms with Crippen molar-refractivity contribution in [2.75, 3.05) is 26.2 Å². The van der Waals surface area contributed by atoms with E-state index < -0.39 is 24.1 Å². The highest BCUT2D eigenvalue weighted by Gasteiger charge is 2.56. The van der Waals surface area contributed by atoms with Crippen molar-refractivity contribution < 1.29 is 16.8 Å². The fourth-order valence-electron chi connectivity index (χ4n) is 2.99. The van der Waals surface area contributed by atoms with Crippen molar-refractivity contribution in [1.29, 1.82) is 21.0 Å². The van der Waals surface area contributed by atoms with Gasteiger partial charge in [0.25, 0.3) is 0 Å². The molecular weight excluding hydrogens is 416 g/mol. The molecule has 0 saturated heterocycles. The van der Waals surface area contributed by atoms with Crippen molar-refractivity contribution in [2.45, 2.75) is 56.5 Å². The van der Waals surface area contributed by atoms with Crippen molar-refractivity contribution in [3.05, 3.63) is 0 Å². The largest absolute Gasteiger partial charge is 0.235 e. The average Bonchev–Trinajstić information content (AvgIpc) is 2.68. The first-order chi connectivity index (χ1) is 13.7. The Morgan fingerprint density at radius 1 is 0.621 bits per heavy atom. The lowest BCUT2D eigenvalue weighted by molar-refractivity contribution is 0.380. The Bertz CT molecular complexity index is 792. The van der Waals surface area contributed by atoms with Crippen LogP contribution in [0.2, 0.25) is 0 Å². The van der Waals surface area contributed by atoms with E-state index in [9.17, 15) is 16.8 Å². The molecule has 0 aliphatic carbocycles. The highest BCUT2D eigenvalue weighted by atomic mass is 32.3. The molecule has 0 aliphatic rings. The summed E-state index contributed by atoms with van der Waals surface area (Å²) in [6.45, 7) is 1.97. The van der Waals surface area contributed by atoms with E-state index in [0.29, 0.717) is 0 Å². The minimum absolute atomic E-state index is 0.152. The van der Waals surface area contributed by atoms with Gasteiger partial charge in [-0.25, -0.2) is 16.8 Å². The lowest BCUT2D eigenvalue weighted by atomic mass is 10.2. The van der Waals surface area contributed by atoms with Gasteiger partial charge in [0.1, 0.15) is 0 Å². The van der Waals surface area contributed by atoms with Crippen molar-refractivity contribution in [2.24, 2.45) is 0 Å². The maximum atomic E-state index is 13.5. The van der Waals surface area contributed by atoms with Crippen molar-refractivity contribution in [3.63, 3.8) is 0 Å². The average molecular weight is 443 g/mol. The van der Waals surface area contributed by atoms with Gasteiger partial charge in [-0.3, -0.25) is 0 Å². The van der Waals surface area contributed by atoms with E-state index in [4.69, 9.17) is 21.0 Å². The molecule has 0 spiro atoms. The number of rotatable bonds is 14. The predicted molar refractivity (Wildman–Crippen MR) is 105 cm³/mol. The summed E-state index contributed by atoms with van der Waals surface area (Å²) in [6, 6.07) is 7.32. The molecule has 29 heavy (non-hydrogen) atoms. The Labute approximate surface area is 173 Å². The Balaban J connectivity index is 6.49. The maximum Gasteiger partial charge on any atom is 0.235 e. The third-order valence-electron chi connectivity index (χ3n) is 4.59. The molecule has 0 aromatic heterocycles. The molecule has 0 rings (SSSR count). The van der Waals surface area contributed by atoms with Gasteiger partial charge in [0, 0.05) is 51.9 Å². The van der Waals surface area contributed by atoms with E-state index in [1.54, 1.807) is 0 Å². The summed E-state index contributed by atoms with van der Waals surface area (Å²) in [6.07, 6.45) is -1.14. The van der Waals surface area contributed by atoms with Crippen molar-refractivity contribution in [3.8, 4) is 24.3 Å². The van der Waals surface area contributed by atoms with Gasteiger partial charge in [-0.2, -0.15) is 29.7 Å². The number of hydrogen-bond donors (Lipinski definition) is 0. The van der Waals surface area contributed by atoms with Crippen LogP contribution in [0.1, 0.15) is 52.4 Å². The van der Waals surface area contributed by atoms with Gasteiger partial charge < -0.3 is 0 Å². The molecule has 0 bridgehead atoms. The first-order valence-electron chi connectivity index (χ1n) is 9.13. The monoisotopic (exact) mass is 442 g/mol. The van der Waals surface area contributed by atoms with Gasteiger partial charge in [0.05, 0.1) is 24.3 Å². The van der Waals surface area contributed by atoms with E-state index >= 15 is 0 Å². The zero-order valence-electron chi connectivity index (χ0n) is 16.7. The molecule has 0 atom stereocenters. The fraction of sp³-hybridized carbons (Fsp3) is 0.765. The molecule has 0 N–H and O–H groups in total. The summed E-state index contributed by atoms with van der Waals surface area (Å²) in [4.78, 5) is 0. The summed E-state index contributed by atoms with van der Waals surface area (Å²) in [5.74, 6) is 0. The van der Waals surface area contributed by atoms with Crippen LogP contribution in [0.4, 0.5) is 0 Å². The topological polar surface area (TPSA) is 170 Å². The van der Waals surface area contributed by atoms with Crippen LogP contribution >= 0.6 is 0 Å². The molecule has 160 valence electrons. The van der Waals surface area contributed by atoms with Gasteiger partial charge in [0.15, 0.2) is 0 Å². The SMILES string of the molecule is CCC(CC)(S(=O)(=O)N(CCC#N)CCC#N)S(=O)(=O)N(CCC#N)CCC#N. The Hall–Kier alpha value is -2.22. The molecular formula is C17H26N6O4S2. The first kappa shape index (κ1) is 26.8. The molecule has 0 heterocycles. The van der Waals surface area contributed by atoms with Gasteiger partial charge in [-0.1, -0.05) is 13.8 Å². The summed E-state index contributed by atoms with van der Waals surface area (Å²) in [5.41, 5.74) is 0. The summed E-state index contributed by atoms with van der Waals surface area (Å²) in [7, 11) is -8.97. The Morgan fingerprint density at radius 2 is 0.862 bits per heavy atom. The summed E-state index contributed by atoms with van der Waals surface area (Å²) in [5, 5.41) is 35.4. The van der Waals surface area contributed by atoms with Gasteiger partial charge in [0.2, 0.25) is 24.1 Å². The highest BCUT2D eigenvalue weighted by molar-refractivity contribution is 8.08. The van der Waals surface area contributed by atoms with Crippen LogP contribution in [0.3, 0.4) is 0 Å². The predicted octanol–water partition coefficient (Wildman–Crippen LogP) is 1.42. The third-order valence-corrected chi connectivity index (χ3v) is 11.0. The number of sulfonamides is 2. The van der Waals surface area contributed by atoms with Crippen LogP contribution < -0.4 is 0 Å². The quantitative estimate of drug-likeness (QED) is 0.388. The molecule has 0 fully saturated rings. The molecule has 0 aliphatic heterocycles. The Kier molecular flexibility index (Phi) is 11.4. The van der Waals surface area contributed by atoms with Crippen molar-refractivity contribution in [1.82, 2.24) is 8.61 Å². The fourth-order valence-corrected chi connectivity index (χ4v) is 8.41. The summed E-state index contributed by atoms with van der Waals surface area (Å²) >= 11 is 0. The number of nitrogens with zero attached hydrogens (tertiary/aromatic N) is 6. The zero-order chi connectivity index (χ0) is 22.6. The second-order valence-corrected chi connectivity index (χ2v) is 10.8. The summed E-state index contributed by atoms with van der Waals surface area (Å²) < 4.78 is 53.5. The van der Waals surface area contributed by atoms with Crippen LogP contribution in [0.5, 0.6) is 0 Å². The van der Waals surface area contributed by atoms with E-state index in [0.717, 1.165) is 8.61 Å². The standard InChI is InChI=1S/C17H26N6O4S2/c1-3-17(4-2,28(24,25)22(13-5-9-18)14-6-10-19)29(26,27)23(15-7-11-20)16-8-12-21/h3-8,13-16H2,1-2H3. The molecule has 12 heteroatoms. The lowest BCUT2D eigenvalue weighted by Gasteiger charge is -2.38. The van der Waals surface area contributed by atoms with E-state index in [1.807, 2.05) is 24.3 Å². The minimum Gasteiger partial charge on any atom is -0.210 e. The minimum atomic E-state index is -4.49. The van der Waals surface area contributed by atoms with Crippen LogP contribution in [0, 0.1) is 45.3 Å². The molecule has 0 amide bonds. The maximum absolute atomic E-state index is 13.5. The van der Waals surface area contributed by atoms with Gasteiger partial charge in [-0.05, 0) is 12.8 Å². The zero-order valence-corrected chi connectivity index (χ0v) is 18.3. The smallest absolute Gasteiger partial charge is 0.210 e. The normalized spacial score (nSPS) is 12.1. The molecule has 0 radical (unpaired) electrons. The van der Waals surface area contributed by atoms with Crippen LogP contribution in [0.25, 0.3) is 0 Å². The van der Waals surface area contributed by atoms with E-state index in [2.05, 4.69) is 0 Å². The number of hydrogen-bond acceptors (Lipinski definition) is 8. The molecule has 10 nitrogen and oxygen atoms in total. The first-order valence-corrected chi connectivity index (χ1v) is 12.0. The van der Waals surface area contributed by atoms with Gasteiger partial charge in [-0.15, -0.1) is 0 Å². The van der Waals surface area contributed by atoms with Crippen molar-refractivity contribution >= 4 is 20.0 Å². The number of nitriles is 4. The second kappa shape index (κ2) is 12.4. The van der Waals surface area contributed by atoms with Gasteiger partial charge >= 0.3 is 0 Å². The lowest BCUT2D eigenvalue weighted by Crippen LogP contribution is -2.58. The molecule has 0 saturated carbocycles. The third kappa shape index (κ3) is 5.88. The highest BCUT2D eigenvalue weighted by Crippen LogP contribution is 2.37. The molecule has 0 aromatic rings. The van der Waals surface area contributed by atoms with Crippen LogP contribution in [-0.2, 0) is 20.0 Å². The van der Waals surface area contributed by atoms with E-state index in [-0.39, 0.29) is 64.7 Å². The molecule has 0 unspecified atom stereocenters. The molecule has 0 aromatic carbocycles. The van der Waals surface area contributed by atoms with Crippen LogP contribution in [0.15, 0.2) is 0 Å². The van der Waals surface area contributed by atoms with E-state index in [1.165, 1.54) is 13.8 Å². The Morgan fingerprint density at radius 3 is 1.03 bits per heavy atom. The van der Waals surface area contributed by atoms with Crippen LogP contribution in [-0.4, -0.2) is 55.7 Å².